The van der Waals surface area contributed by atoms with Gasteiger partial charge >= 0.3 is 5.97 Å². The van der Waals surface area contributed by atoms with E-state index in [1.807, 2.05) is 0 Å². The topological polar surface area (TPSA) is 89.9 Å². The van der Waals surface area contributed by atoms with Crippen LogP contribution in [-0.4, -0.2) is 46.6 Å². The third-order valence-electron chi connectivity index (χ3n) is 3.89. The summed E-state index contributed by atoms with van der Waals surface area (Å²) in [6, 6.07) is 6.39. The van der Waals surface area contributed by atoms with Gasteiger partial charge in [-0.1, -0.05) is 18.6 Å². The minimum atomic E-state index is -0.960. The van der Waals surface area contributed by atoms with E-state index >= 15 is 0 Å². The number of rotatable bonds is 6. The molecule has 0 spiro atoms. The number of hydrogen-bond donors (Lipinski definition) is 3. The predicted molar refractivity (Wildman–Crippen MR) is 82.8 cm³/mol. The summed E-state index contributed by atoms with van der Waals surface area (Å²) in [5.74, 6) is -2.12. The summed E-state index contributed by atoms with van der Waals surface area (Å²) in [7, 11) is 0. The highest BCUT2D eigenvalue weighted by atomic mass is 16.4. The number of nitrogens with zero attached hydrogens (tertiary/aromatic N) is 1. The van der Waals surface area contributed by atoms with E-state index in [1.165, 1.54) is 12.5 Å². The van der Waals surface area contributed by atoms with Crippen LogP contribution in [0.2, 0.25) is 0 Å². The molecule has 1 aliphatic heterocycles. The van der Waals surface area contributed by atoms with E-state index < -0.39 is 17.8 Å². The van der Waals surface area contributed by atoms with E-state index in [9.17, 15) is 19.8 Å². The number of carboxylic acid groups (broad SMARTS) is 1. The highest BCUT2D eigenvalue weighted by Gasteiger charge is 2.25. The number of anilines is 1. The van der Waals surface area contributed by atoms with Crippen molar-refractivity contribution < 1.29 is 19.8 Å². The van der Waals surface area contributed by atoms with E-state index in [1.54, 1.807) is 18.2 Å². The van der Waals surface area contributed by atoms with Crippen molar-refractivity contribution in [1.29, 1.82) is 0 Å². The number of carbonyl (C=O) groups is 2. The van der Waals surface area contributed by atoms with Crippen LogP contribution in [0, 0.1) is 5.92 Å². The molecule has 1 aromatic rings. The van der Waals surface area contributed by atoms with Crippen LogP contribution in [0.3, 0.4) is 0 Å². The number of carbonyl (C=O) groups excluding carboxylic acids is 1. The molecule has 22 heavy (non-hydrogen) atoms. The first-order chi connectivity index (χ1) is 10.6. The highest BCUT2D eigenvalue weighted by Crippen LogP contribution is 2.22. The first-order valence-electron chi connectivity index (χ1n) is 7.59. The summed E-state index contributed by atoms with van der Waals surface area (Å²) < 4.78 is 0. The Balaban J connectivity index is 1.91. The summed E-state index contributed by atoms with van der Waals surface area (Å²) in [6.07, 6.45) is 3.25. The molecule has 0 aromatic heterocycles. The van der Waals surface area contributed by atoms with Crippen LogP contribution in [0.15, 0.2) is 24.3 Å². The number of piperidine rings is 1. The molecule has 0 radical (unpaired) electrons. The molecule has 0 saturated carbocycles. The van der Waals surface area contributed by atoms with Crippen molar-refractivity contribution >= 4 is 17.6 Å². The number of aromatic hydroxyl groups is 1. The maximum Gasteiger partial charge on any atom is 0.308 e. The van der Waals surface area contributed by atoms with Gasteiger partial charge in [-0.05, 0) is 38.1 Å². The van der Waals surface area contributed by atoms with Crippen molar-refractivity contribution in [2.45, 2.75) is 25.7 Å². The zero-order chi connectivity index (χ0) is 15.9. The normalized spacial score (nSPS) is 16.9. The second-order valence-corrected chi connectivity index (χ2v) is 5.67. The lowest BCUT2D eigenvalue weighted by molar-refractivity contribution is -0.144. The Morgan fingerprint density at radius 2 is 1.86 bits per heavy atom. The lowest BCUT2D eigenvalue weighted by Crippen LogP contribution is -2.38. The maximum atomic E-state index is 12.0. The lowest BCUT2D eigenvalue weighted by atomic mass is 10.0. The minimum Gasteiger partial charge on any atom is -0.506 e. The van der Waals surface area contributed by atoms with Gasteiger partial charge in [0.15, 0.2) is 0 Å². The Kier molecular flexibility index (Phi) is 5.77. The lowest BCUT2D eigenvalue weighted by Gasteiger charge is -2.28. The molecule has 2 rings (SSSR count). The molecule has 120 valence electrons. The largest absolute Gasteiger partial charge is 0.506 e. The SMILES string of the molecule is O=C(CC(CN1CCCCC1)C(=O)O)Nc1ccccc1O. The number of likely N-dealkylation sites (tertiary alicyclic amines) is 1. The fourth-order valence-corrected chi connectivity index (χ4v) is 2.69. The van der Waals surface area contributed by atoms with E-state index in [0.29, 0.717) is 12.2 Å². The molecule has 1 fully saturated rings. The quantitative estimate of drug-likeness (QED) is 0.699. The molecule has 1 atom stereocenters. The standard InChI is InChI=1S/C16H22N2O4/c19-14-7-3-2-6-13(14)17-15(20)10-12(16(21)22)11-18-8-4-1-5-9-18/h2-3,6-7,12,19H,1,4-5,8-11H2,(H,17,20)(H,21,22). The fraction of sp³-hybridized carbons (Fsp3) is 0.500. The number of carboxylic acids is 1. The number of amides is 1. The number of phenolic OH excluding ortho intramolecular Hbond substituents is 1. The number of phenols is 1. The smallest absolute Gasteiger partial charge is 0.308 e. The van der Waals surface area contributed by atoms with Crippen molar-refractivity contribution in [3.05, 3.63) is 24.3 Å². The third-order valence-corrected chi connectivity index (χ3v) is 3.89. The summed E-state index contributed by atoms with van der Waals surface area (Å²) in [5, 5.41) is 21.5. The van der Waals surface area contributed by atoms with E-state index in [0.717, 1.165) is 25.9 Å². The van der Waals surface area contributed by atoms with Crippen LogP contribution in [0.25, 0.3) is 0 Å². The average Bonchev–Trinajstić information content (AvgIpc) is 2.50. The van der Waals surface area contributed by atoms with Crippen molar-refractivity contribution in [2.24, 2.45) is 5.92 Å². The summed E-state index contributed by atoms with van der Waals surface area (Å²) in [5.41, 5.74) is 0.301. The molecule has 1 unspecified atom stereocenters. The minimum absolute atomic E-state index is 0.0289. The Labute approximate surface area is 129 Å². The molecule has 1 saturated heterocycles. The summed E-state index contributed by atoms with van der Waals surface area (Å²) >= 11 is 0. The second-order valence-electron chi connectivity index (χ2n) is 5.67. The van der Waals surface area contributed by atoms with Gasteiger partial charge in [0.1, 0.15) is 5.75 Å². The molecule has 0 bridgehead atoms. The van der Waals surface area contributed by atoms with Gasteiger partial charge < -0.3 is 20.4 Å². The number of benzene rings is 1. The summed E-state index contributed by atoms with van der Waals surface area (Å²) in [4.78, 5) is 25.5. The second kappa shape index (κ2) is 7.79. The van der Waals surface area contributed by atoms with E-state index in [2.05, 4.69) is 10.2 Å². The van der Waals surface area contributed by atoms with Gasteiger partial charge in [0, 0.05) is 13.0 Å². The van der Waals surface area contributed by atoms with Gasteiger partial charge in [-0.2, -0.15) is 0 Å². The molecule has 1 heterocycles. The number of aliphatic carboxylic acids is 1. The van der Waals surface area contributed by atoms with Gasteiger partial charge in [0.05, 0.1) is 11.6 Å². The maximum absolute atomic E-state index is 12.0. The van der Waals surface area contributed by atoms with Crippen LogP contribution in [0.4, 0.5) is 5.69 Å². The van der Waals surface area contributed by atoms with Crippen molar-refractivity contribution in [3.63, 3.8) is 0 Å². The van der Waals surface area contributed by atoms with Gasteiger partial charge in [-0.15, -0.1) is 0 Å². The molecular weight excluding hydrogens is 284 g/mol. The van der Waals surface area contributed by atoms with Crippen LogP contribution in [0.1, 0.15) is 25.7 Å². The Morgan fingerprint density at radius 1 is 1.18 bits per heavy atom. The van der Waals surface area contributed by atoms with Crippen LogP contribution >= 0.6 is 0 Å². The molecule has 1 aliphatic rings. The highest BCUT2D eigenvalue weighted by molar-refractivity contribution is 5.94. The van der Waals surface area contributed by atoms with Crippen LogP contribution in [0.5, 0.6) is 5.75 Å². The van der Waals surface area contributed by atoms with Crippen molar-refractivity contribution in [3.8, 4) is 5.75 Å². The van der Waals surface area contributed by atoms with Gasteiger partial charge in [-0.3, -0.25) is 9.59 Å². The molecule has 6 heteroatoms. The molecule has 1 amide bonds. The summed E-state index contributed by atoms with van der Waals surface area (Å²) in [6.45, 7) is 2.18. The monoisotopic (exact) mass is 306 g/mol. The number of hydrogen-bond acceptors (Lipinski definition) is 4. The molecule has 0 aliphatic carbocycles. The van der Waals surface area contributed by atoms with Crippen molar-refractivity contribution in [1.82, 2.24) is 4.90 Å². The average molecular weight is 306 g/mol. The number of para-hydroxylation sites is 2. The fourth-order valence-electron chi connectivity index (χ4n) is 2.69. The van der Waals surface area contributed by atoms with Crippen LogP contribution in [-0.2, 0) is 9.59 Å². The third kappa shape index (κ3) is 4.73. The molecular formula is C16H22N2O4. The zero-order valence-electron chi connectivity index (χ0n) is 12.5. The van der Waals surface area contributed by atoms with Gasteiger partial charge in [0.2, 0.25) is 5.91 Å². The van der Waals surface area contributed by atoms with Gasteiger partial charge in [-0.25, -0.2) is 0 Å². The first kappa shape index (κ1) is 16.3. The predicted octanol–water partition coefficient (Wildman–Crippen LogP) is 1.91. The molecule has 6 nitrogen and oxygen atoms in total. The Bertz CT molecular complexity index is 527. The van der Waals surface area contributed by atoms with Crippen LogP contribution < -0.4 is 5.32 Å². The van der Waals surface area contributed by atoms with Crippen molar-refractivity contribution in [2.75, 3.05) is 25.0 Å². The first-order valence-corrected chi connectivity index (χ1v) is 7.59. The Morgan fingerprint density at radius 3 is 2.50 bits per heavy atom. The Hall–Kier alpha value is -2.08. The van der Waals surface area contributed by atoms with Gasteiger partial charge in [0.25, 0.3) is 0 Å². The molecule has 1 aromatic carbocycles. The zero-order valence-corrected chi connectivity index (χ0v) is 12.5. The number of nitrogens with one attached hydrogen (secondary N) is 1. The van der Waals surface area contributed by atoms with E-state index in [4.69, 9.17) is 0 Å². The molecule has 3 N–H and O–H groups in total. The van der Waals surface area contributed by atoms with E-state index in [-0.39, 0.29) is 12.2 Å².